The highest BCUT2D eigenvalue weighted by atomic mass is 16.2. The first-order valence-corrected chi connectivity index (χ1v) is 6.83. The summed E-state index contributed by atoms with van der Waals surface area (Å²) in [7, 11) is 0. The van der Waals surface area contributed by atoms with Crippen molar-refractivity contribution in [2.45, 2.75) is 38.1 Å². The van der Waals surface area contributed by atoms with Crippen LogP contribution in [-0.4, -0.2) is 39.5 Å². The van der Waals surface area contributed by atoms with E-state index in [1.807, 2.05) is 4.90 Å². The van der Waals surface area contributed by atoms with Crippen molar-refractivity contribution >= 4 is 17.5 Å². The van der Waals surface area contributed by atoms with Crippen LogP contribution < -0.4 is 5.32 Å². The minimum Gasteiger partial charge on any atom is -0.339 e. The molecule has 1 saturated carbocycles. The Balaban J connectivity index is 1.60. The molecule has 1 aliphatic heterocycles. The SMILES string of the molecule is O=C(Nc1cn[nH]c1)C1CC(=O)N(C2CCCC2)C1. The van der Waals surface area contributed by atoms with Gasteiger partial charge in [-0.15, -0.1) is 0 Å². The number of likely N-dealkylation sites (tertiary alicyclic amines) is 1. The second-order valence-electron chi connectivity index (χ2n) is 5.36. The molecule has 0 aromatic carbocycles. The van der Waals surface area contributed by atoms with Gasteiger partial charge in [-0.2, -0.15) is 5.10 Å². The molecule has 0 spiro atoms. The van der Waals surface area contributed by atoms with E-state index in [1.165, 1.54) is 12.8 Å². The van der Waals surface area contributed by atoms with Crippen molar-refractivity contribution in [3.8, 4) is 0 Å². The number of aromatic nitrogens is 2. The molecule has 1 aromatic rings. The van der Waals surface area contributed by atoms with Gasteiger partial charge in [0.05, 0.1) is 17.8 Å². The van der Waals surface area contributed by atoms with E-state index in [9.17, 15) is 9.59 Å². The molecule has 19 heavy (non-hydrogen) atoms. The number of H-pyrrole nitrogens is 1. The molecule has 2 N–H and O–H groups in total. The van der Waals surface area contributed by atoms with Gasteiger partial charge in [0.25, 0.3) is 0 Å². The van der Waals surface area contributed by atoms with Gasteiger partial charge in [-0.25, -0.2) is 0 Å². The van der Waals surface area contributed by atoms with Gasteiger partial charge in [-0.05, 0) is 12.8 Å². The largest absolute Gasteiger partial charge is 0.339 e. The van der Waals surface area contributed by atoms with Gasteiger partial charge in [-0.1, -0.05) is 12.8 Å². The maximum Gasteiger partial charge on any atom is 0.229 e. The van der Waals surface area contributed by atoms with Crippen LogP contribution in [0.1, 0.15) is 32.1 Å². The Bertz CT molecular complexity index is 465. The lowest BCUT2D eigenvalue weighted by atomic mass is 10.1. The van der Waals surface area contributed by atoms with Crippen molar-refractivity contribution < 1.29 is 9.59 Å². The zero-order chi connectivity index (χ0) is 13.2. The van der Waals surface area contributed by atoms with Crippen molar-refractivity contribution in [2.24, 2.45) is 5.92 Å². The van der Waals surface area contributed by atoms with Crippen LogP contribution in [0.2, 0.25) is 0 Å². The summed E-state index contributed by atoms with van der Waals surface area (Å²) in [6.07, 6.45) is 8.08. The maximum atomic E-state index is 12.1. The number of amides is 2. The van der Waals surface area contributed by atoms with E-state index in [2.05, 4.69) is 15.5 Å². The number of nitrogens with zero attached hydrogens (tertiary/aromatic N) is 2. The summed E-state index contributed by atoms with van der Waals surface area (Å²) in [4.78, 5) is 26.0. The monoisotopic (exact) mass is 262 g/mol. The van der Waals surface area contributed by atoms with E-state index in [-0.39, 0.29) is 17.7 Å². The molecule has 1 atom stereocenters. The van der Waals surface area contributed by atoms with E-state index in [0.717, 1.165) is 12.8 Å². The highest BCUT2D eigenvalue weighted by Crippen LogP contribution is 2.29. The number of carbonyl (C=O) groups excluding carboxylic acids is 2. The predicted octanol–water partition coefficient (Wildman–Crippen LogP) is 1.14. The molecule has 2 amide bonds. The Labute approximate surface area is 111 Å². The summed E-state index contributed by atoms with van der Waals surface area (Å²) >= 11 is 0. The van der Waals surface area contributed by atoms with Crippen LogP contribution in [0, 0.1) is 5.92 Å². The Kier molecular flexibility index (Phi) is 3.23. The van der Waals surface area contributed by atoms with Crippen LogP contribution in [0.5, 0.6) is 0 Å². The smallest absolute Gasteiger partial charge is 0.229 e. The fraction of sp³-hybridized carbons (Fsp3) is 0.615. The van der Waals surface area contributed by atoms with Gasteiger partial charge in [0, 0.05) is 25.2 Å². The number of aromatic amines is 1. The van der Waals surface area contributed by atoms with Crippen LogP contribution in [0.15, 0.2) is 12.4 Å². The fourth-order valence-corrected chi connectivity index (χ4v) is 3.04. The number of rotatable bonds is 3. The Morgan fingerprint density at radius 1 is 1.42 bits per heavy atom. The Hall–Kier alpha value is -1.85. The Morgan fingerprint density at radius 3 is 2.89 bits per heavy atom. The minimum absolute atomic E-state index is 0.0877. The molecule has 1 unspecified atom stereocenters. The van der Waals surface area contributed by atoms with Crippen molar-refractivity contribution in [1.29, 1.82) is 0 Å². The van der Waals surface area contributed by atoms with E-state index < -0.39 is 0 Å². The summed E-state index contributed by atoms with van der Waals surface area (Å²) in [6.45, 7) is 0.563. The minimum atomic E-state index is -0.233. The summed E-state index contributed by atoms with van der Waals surface area (Å²) in [5.41, 5.74) is 0.650. The molecule has 102 valence electrons. The van der Waals surface area contributed by atoms with Crippen LogP contribution in [0.4, 0.5) is 5.69 Å². The van der Waals surface area contributed by atoms with E-state index in [1.54, 1.807) is 12.4 Å². The van der Waals surface area contributed by atoms with Gasteiger partial charge >= 0.3 is 0 Å². The summed E-state index contributed by atoms with van der Waals surface area (Å²) in [5, 5.41) is 9.21. The molecular weight excluding hydrogens is 244 g/mol. The van der Waals surface area contributed by atoms with Gasteiger partial charge < -0.3 is 10.2 Å². The van der Waals surface area contributed by atoms with Crippen molar-refractivity contribution in [3.63, 3.8) is 0 Å². The summed E-state index contributed by atoms with van der Waals surface area (Å²) < 4.78 is 0. The summed E-state index contributed by atoms with van der Waals surface area (Å²) in [6, 6.07) is 0.360. The number of nitrogens with one attached hydrogen (secondary N) is 2. The van der Waals surface area contributed by atoms with Crippen molar-refractivity contribution in [2.75, 3.05) is 11.9 Å². The van der Waals surface area contributed by atoms with E-state index >= 15 is 0 Å². The molecule has 0 bridgehead atoms. The highest BCUT2D eigenvalue weighted by molar-refractivity contribution is 5.97. The predicted molar refractivity (Wildman–Crippen MR) is 69.3 cm³/mol. The van der Waals surface area contributed by atoms with Crippen LogP contribution in [0.25, 0.3) is 0 Å². The molecule has 1 aliphatic carbocycles. The molecule has 2 fully saturated rings. The normalized spacial score (nSPS) is 24.1. The second kappa shape index (κ2) is 5.03. The van der Waals surface area contributed by atoms with Crippen molar-refractivity contribution in [1.82, 2.24) is 15.1 Å². The van der Waals surface area contributed by atoms with Crippen LogP contribution >= 0.6 is 0 Å². The first kappa shape index (κ1) is 12.2. The lowest BCUT2D eigenvalue weighted by Gasteiger charge is -2.23. The molecule has 2 aliphatic rings. The zero-order valence-electron chi connectivity index (χ0n) is 10.8. The van der Waals surface area contributed by atoms with E-state index in [4.69, 9.17) is 0 Å². The fourth-order valence-electron chi connectivity index (χ4n) is 3.04. The molecule has 1 saturated heterocycles. The quantitative estimate of drug-likeness (QED) is 0.857. The molecule has 2 heterocycles. The highest BCUT2D eigenvalue weighted by Gasteiger charge is 2.38. The lowest BCUT2D eigenvalue weighted by Crippen LogP contribution is -2.35. The standard InChI is InChI=1S/C13H18N4O2/c18-12-5-9(8-17(12)11-3-1-2-4-11)13(19)16-10-6-14-15-7-10/h6-7,9,11H,1-5,8H2,(H,14,15)(H,16,19). The van der Waals surface area contributed by atoms with Gasteiger partial charge in [0.1, 0.15) is 0 Å². The van der Waals surface area contributed by atoms with Crippen molar-refractivity contribution in [3.05, 3.63) is 12.4 Å². The molecular formula is C13H18N4O2. The first-order valence-electron chi connectivity index (χ1n) is 6.83. The molecule has 1 aromatic heterocycles. The topological polar surface area (TPSA) is 78.1 Å². The number of anilines is 1. The average Bonchev–Trinajstić information content (AvgIpc) is 3.07. The molecule has 6 heteroatoms. The third-order valence-electron chi connectivity index (χ3n) is 4.06. The first-order chi connectivity index (χ1) is 9.24. The number of hydrogen-bond acceptors (Lipinski definition) is 3. The Morgan fingerprint density at radius 2 is 2.21 bits per heavy atom. The summed E-state index contributed by atoms with van der Waals surface area (Å²) in [5.74, 6) is -0.197. The average molecular weight is 262 g/mol. The molecule has 3 rings (SSSR count). The lowest BCUT2D eigenvalue weighted by molar-refractivity contribution is -0.129. The second-order valence-corrected chi connectivity index (χ2v) is 5.36. The number of carbonyl (C=O) groups is 2. The van der Waals surface area contributed by atoms with Crippen LogP contribution in [0.3, 0.4) is 0 Å². The number of hydrogen-bond donors (Lipinski definition) is 2. The maximum absolute atomic E-state index is 12.1. The molecule has 0 radical (unpaired) electrons. The van der Waals surface area contributed by atoms with Gasteiger partial charge in [0.2, 0.25) is 11.8 Å². The van der Waals surface area contributed by atoms with E-state index in [0.29, 0.717) is 24.7 Å². The zero-order valence-corrected chi connectivity index (χ0v) is 10.8. The third kappa shape index (κ3) is 2.47. The third-order valence-corrected chi connectivity index (χ3v) is 4.06. The van der Waals surface area contributed by atoms with Gasteiger partial charge in [0.15, 0.2) is 0 Å². The molecule has 6 nitrogen and oxygen atoms in total. The van der Waals surface area contributed by atoms with Gasteiger partial charge in [-0.3, -0.25) is 14.7 Å². The van der Waals surface area contributed by atoms with Crippen LogP contribution in [-0.2, 0) is 9.59 Å².